The molecule has 4 nitrogen and oxygen atoms in total. The Morgan fingerprint density at radius 3 is 1.76 bits per heavy atom. The van der Waals surface area contributed by atoms with Crippen molar-refractivity contribution < 1.29 is 0 Å². The van der Waals surface area contributed by atoms with Crippen molar-refractivity contribution in [2.75, 3.05) is 45.8 Å². The number of nitrogens with two attached hydrogens (primary N) is 1. The Kier molecular flexibility index (Phi) is 21.1. The molecule has 0 bridgehead atoms. The fourth-order valence-corrected chi connectivity index (χ4v) is 3.00. The number of hydrogen-bond donors (Lipinski definition) is 4. The predicted octanol–water partition coefficient (Wildman–Crippen LogP) is 4.69. The highest BCUT2D eigenvalue weighted by molar-refractivity contribution is 5.05. The fourth-order valence-electron chi connectivity index (χ4n) is 3.00. The average molecular weight is 407 g/mol. The molecule has 0 radical (unpaired) electrons. The van der Waals surface area contributed by atoms with Gasteiger partial charge in [0.05, 0.1) is 0 Å². The van der Waals surface area contributed by atoms with Gasteiger partial charge in [0, 0.05) is 6.54 Å². The summed E-state index contributed by atoms with van der Waals surface area (Å²) in [6, 6.07) is 0. The van der Waals surface area contributed by atoms with E-state index in [2.05, 4.69) is 61.9 Å². The van der Waals surface area contributed by atoms with Crippen LogP contribution in [0.4, 0.5) is 0 Å². The normalized spacial score (nSPS) is 12.4. The van der Waals surface area contributed by atoms with E-state index in [-0.39, 0.29) is 0 Å². The summed E-state index contributed by atoms with van der Waals surface area (Å²) >= 11 is 0. The lowest BCUT2D eigenvalue weighted by Gasteiger charge is -2.06. The molecule has 0 aliphatic rings. The molecule has 0 spiro atoms. The minimum Gasteiger partial charge on any atom is -0.330 e. The predicted molar refractivity (Wildman–Crippen MR) is 132 cm³/mol. The van der Waals surface area contributed by atoms with E-state index in [4.69, 9.17) is 5.73 Å². The van der Waals surface area contributed by atoms with Crippen LogP contribution in [0.5, 0.6) is 0 Å². The average Bonchev–Trinajstić information content (AvgIpc) is 2.68. The molecule has 29 heavy (non-hydrogen) atoms. The van der Waals surface area contributed by atoms with Crippen molar-refractivity contribution in [1.29, 1.82) is 0 Å². The van der Waals surface area contributed by atoms with Crippen LogP contribution in [0.2, 0.25) is 0 Å². The minimum absolute atomic E-state index is 0.784. The molecular weight excluding hydrogens is 356 g/mol. The number of rotatable bonds is 20. The van der Waals surface area contributed by atoms with Gasteiger partial charge in [-0.15, -0.1) is 0 Å². The van der Waals surface area contributed by atoms with Crippen molar-refractivity contribution in [3.05, 3.63) is 34.9 Å². The summed E-state index contributed by atoms with van der Waals surface area (Å²) in [5, 5.41) is 10.5. The zero-order valence-electron chi connectivity index (χ0n) is 19.9. The second kappa shape index (κ2) is 21.8. The maximum absolute atomic E-state index is 5.47. The molecule has 0 aromatic rings. The second-order valence-electron chi connectivity index (χ2n) is 8.37. The standard InChI is InChI=1S/C25H50N4/c1-23(2)11-7-12-24(3)13-8-14-25(4)15-22-29-21-10-20-28-18-6-5-17-27-19-9-16-26/h11,13,15,27-29H,5-10,12,14,16-22,26H2,1-4H3/b24-13+,25-15+. The number of hydrogen-bond acceptors (Lipinski definition) is 4. The topological polar surface area (TPSA) is 62.1 Å². The van der Waals surface area contributed by atoms with Gasteiger partial charge in [0.15, 0.2) is 0 Å². The second-order valence-corrected chi connectivity index (χ2v) is 8.37. The molecule has 0 atom stereocenters. The Bertz CT molecular complexity index is 448. The molecule has 5 N–H and O–H groups in total. The largest absolute Gasteiger partial charge is 0.330 e. The van der Waals surface area contributed by atoms with E-state index >= 15 is 0 Å². The summed E-state index contributed by atoms with van der Waals surface area (Å²) in [6.07, 6.45) is 16.5. The van der Waals surface area contributed by atoms with Crippen LogP contribution in [-0.4, -0.2) is 45.8 Å². The molecule has 170 valence electrons. The van der Waals surface area contributed by atoms with E-state index in [0.717, 1.165) is 58.7 Å². The van der Waals surface area contributed by atoms with E-state index in [9.17, 15) is 0 Å². The molecule has 0 saturated carbocycles. The van der Waals surface area contributed by atoms with Gasteiger partial charge in [0.2, 0.25) is 0 Å². The van der Waals surface area contributed by atoms with Gasteiger partial charge in [-0.3, -0.25) is 0 Å². The van der Waals surface area contributed by atoms with Crippen molar-refractivity contribution >= 4 is 0 Å². The first-order valence-corrected chi connectivity index (χ1v) is 11.8. The first-order chi connectivity index (χ1) is 14.1. The highest BCUT2D eigenvalue weighted by Crippen LogP contribution is 2.11. The Hall–Kier alpha value is -0.940. The maximum Gasteiger partial charge on any atom is 0.0137 e. The summed E-state index contributed by atoms with van der Waals surface area (Å²) < 4.78 is 0. The Balaban J connectivity index is 3.46. The summed E-state index contributed by atoms with van der Waals surface area (Å²) in [7, 11) is 0. The lowest BCUT2D eigenvalue weighted by atomic mass is 10.1. The monoisotopic (exact) mass is 406 g/mol. The molecule has 0 aromatic carbocycles. The maximum atomic E-state index is 5.47. The van der Waals surface area contributed by atoms with Crippen LogP contribution in [-0.2, 0) is 0 Å². The van der Waals surface area contributed by atoms with E-state index in [1.807, 2.05) is 0 Å². The van der Waals surface area contributed by atoms with Crippen molar-refractivity contribution in [3.8, 4) is 0 Å². The van der Waals surface area contributed by atoms with Crippen LogP contribution in [0.3, 0.4) is 0 Å². The molecule has 4 heteroatoms. The molecule has 0 heterocycles. The molecule has 0 aliphatic carbocycles. The highest BCUT2D eigenvalue weighted by atomic mass is 14.9. The van der Waals surface area contributed by atoms with Crippen LogP contribution >= 0.6 is 0 Å². The highest BCUT2D eigenvalue weighted by Gasteiger charge is 1.93. The van der Waals surface area contributed by atoms with Gasteiger partial charge in [-0.05, 0) is 118 Å². The molecule has 0 aromatic heterocycles. The molecule has 0 unspecified atom stereocenters. The fraction of sp³-hybridized carbons (Fsp3) is 0.760. The summed E-state index contributed by atoms with van der Waals surface area (Å²) in [6.45, 7) is 16.1. The van der Waals surface area contributed by atoms with E-state index in [1.165, 1.54) is 55.2 Å². The van der Waals surface area contributed by atoms with Crippen molar-refractivity contribution in [2.45, 2.75) is 79.1 Å². The van der Waals surface area contributed by atoms with Crippen LogP contribution in [0, 0.1) is 0 Å². The molecule has 0 aliphatic heterocycles. The third-order valence-corrected chi connectivity index (χ3v) is 4.94. The van der Waals surface area contributed by atoms with Crippen LogP contribution in [0.1, 0.15) is 79.1 Å². The third kappa shape index (κ3) is 23.2. The molecule has 0 amide bonds. The van der Waals surface area contributed by atoms with E-state index < -0.39 is 0 Å². The third-order valence-electron chi connectivity index (χ3n) is 4.94. The van der Waals surface area contributed by atoms with Crippen LogP contribution in [0.25, 0.3) is 0 Å². The van der Waals surface area contributed by atoms with Crippen molar-refractivity contribution in [1.82, 2.24) is 16.0 Å². The summed E-state index contributed by atoms with van der Waals surface area (Å²) in [5.41, 5.74) is 9.90. The van der Waals surface area contributed by atoms with Gasteiger partial charge < -0.3 is 21.7 Å². The summed E-state index contributed by atoms with van der Waals surface area (Å²) in [4.78, 5) is 0. The zero-order chi connectivity index (χ0) is 21.6. The van der Waals surface area contributed by atoms with E-state index in [1.54, 1.807) is 0 Å². The smallest absolute Gasteiger partial charge is 0.0137 e. The Morgan fingerprint density at radius 1 is 0.621 bits per heavy atom. The number of unbranched alkanes of at least 4 members (excludes halogenated alkanes) is 1. The Labute approximate surface area is 181 Å². The van der Waals surface area contributed by atoms with Gasteiger partial charge in [0.1, 0.15) is 0 Å². The first-order valence-electron chi connectivity index (χ1n) is 11.8. The molecule has 0 rings (SSSR count). The van der Waals surface area contributed by atoms with Gasteiger partial charge in [-0.2, -0.15) is 0 Å². The van der Waals surface area contributed by atoms with Gasteiger partial charge in [-0.1, -0.05) is 34.9 Å². The van der Waals surface area contributed by atoms with Gasteiger partial charge >= 0.3 is 0 Å². The minimum atomic E-state index is 0.784. The lowest BCUT2D eigenvalue weighted by Crippen LogP contribution is -2.24. The van der Waals surface area contributed by atoms with Crippen molar-refractivity contribution in [2.24, 2.45) is 5.73 Å². The Morgan fingerprint density at radius 2 is 1.14 bits per heavy atom. The summed E-state index contributed by atoms with van der Waals surface area (Å²) in [5.74, 6) is 0. The SMILES string of the molecule is CC(C)=CCC/C(C)=C/CC/C(C)=C/CNCCCNCCCCNCCCN. The van der Waals surface area contributed by atoms with Crippen molar-refractivity contribution in [3.63, 3.8) is 0 Å². The van der Waals surface area contributed by atoms with Gasteiger partial charge in [0.25, 0.3) is 0 Å². The van der Waals surface area contributed by atoms with E-state index in [0.29, 0.717) is 0 Å². The van der Waals surface area contributed by atoms with Crippen LogP contribution < -0.4 is 21.7 Å². The first kappa shape index (κ1) is 28.1. The molecule has 0 fully saturated rings. The molecule has 0 saturated heterocycles. The zero-order valence-corrected chi connectivity index (χ0v) is 19.9. The lowest BCUT2D eigenvalue weighted by molar-refractivity contribution is 0.561. The van der Waals surface area contributed by atoms with Gasteiger partial charge in [-0.25, -0.2) is 0 Å². The number of nitrogens with one attached hydrogen (secondary N) is 3. The quantitative estimate of drug-likeness (QED) is 0.175. The molecular formula is C25H50N4. The number of allylic oxidation sites excluding steroid dienone is 5. The van der Waals surface area contributed by atoms with Crippen LogP contribution in [0.15, 0.2) is 34.9 Å².